The summed E-state index contributed by atoms with van der Waals surface area (Å²) in [4.78, 5) is 9.73. The summed E-state index contributed by atoms with van der Waals surface area (Å²) in [5.74, 6) is 0. The lowest BCUT2D eigenvalue weighted by molar-refractivity contribution is 0.266. The van der Waals surface area contributed by atoms with Crippen LogP contribution in [0.1, 0.15) is 11.1 Å². The zero-order valence-corrected chi connectivity index (χ0v) is 14.6. The number of likely N-dealkylation sites (N-methyl/N-ethyl adjacent to an activating group) is 2. The standard InChI is InChI=1S/C16H25BrN4/c1-18-5-7-20(12-18)10-14-3-4-15(16(17)9-14)11-21-8-6-19(2)13-21/h3-4,9H,5-8,10-13H2,1-2H3. The van der Waals surface area contributed by atoms with E-state index in [1.54, 1.807) is 0 Å². The fraction of sp³-hybridized carbons (Fsp3) is 0.625. The van der Waals surface area contributed by atoms with Crippen LogP contribution in [0, 0.1) is 0 Å². The van der Waals surface area contributed by atoms with Crippen molar-refractivity contribution >= 4 is 15.9 Å². The number of rotatable bonds is 4. The molecule has 21 heavy (non-hydrogen) atoms. The summed E-state index contributed by atoms with van der Waals surface area (Å²) in [6.07, 6.45) is 0. The van der Waals surface area contributed by atoms with Crippen molar-refractivity contribution in [2.45, 2.75) is 13.1 Å². The predicted molar refractivity (Wildman–Crippen MR) is 90.0 cm³/mol. The van der Waals surface area contributed by atoms with E-state index in [9.17, 15) is 0 Å². The lowest BCUT2D eigenvalue weighted by Crippen LogP contribution is -2.23. The number of nitrogens with zero attached hydrogens (tertiary/aromatic N) is 4. The average molecular weight is 353 g/mol. The molecule has 1 aromatic rings. The Bertz CT molecular complexity index is 493. The SMILES string of the molecule is CN1CCN(Cc2ccc(CN3CCN(C)C3)c(Br)c2)C1. The van der Waals surface area contributed by atoms with Gasteiger partial charge in [-0.05, 0) is 31.3 Å². The molecule has 3 rings (SSSR count). The summed E-state index contributed by atoms with van der Waals surface area (Å²) >= 11 is 3.76. The first-order valence-electron chi connectivity index (χ1n) is 7.69. The van der Waals surface area contributed by atoms with Crippen molar-refractivity contribution in [3.05, 3.63) is 33.8 Å². The molecule has 0 spiro atoms. The van der Waals surface area contributed by atoms with E-state index >= 15 is 0 Å². The Kier molecular flexibility index (Phi) is 4.96. The topological polar surface area (TPSA) is 13.0 Å². The zero-order valence-electron chi connectivity index (χ0n) is 13.1. The Morgan fingerprint density at radius 2 is 1.52 bits per heavy atom. The first-order chi connectivity index (χ1) is 10.1. The van der Waals surface area contributed by atoms with E-state index < -0.39 is 0 Å². The molecule has 0 bridgehead atoms. The molecule has 0 radical (unpaired) electrons. The molecule has 2 saturated heterocycles. The van der Waals surface area contributed by atoms with Crippen LogP contribution in [0.5, 0.6) is 0 Å². The van der Waals surface area contributed by atoms with E-state index in [-0.39, 0.29) is 0 Å². The third-order valence-corrected chi connectivity index (χ3v) is 5.13. The number of benzene rings is 1. The van der Waals surface area contributed by atoms with Crippen LogP contribution in [0.15, 0.2) is 22.7 Å². The van der Waals surface area contributed by atoms with Crippen molar-refractivity contribution in [3.63, 3.8) is 0 Å². The maximum atomic E-state index is 3.76. The Morgan fingerprint density at radius 3 is 2.05 bits per heavy atom. The fourth-order valence-electron chi connectivity index (χ4n) is 3.16. The van der Waals surface area contributed by atoms with Gasteiger partial charge in [-0.2, -0.15) is 0 Å². The van der Waals surface area contributed by atoms with Gasteiger partial charge in [0.15, 0.2) is 0 Å². The quantitative estimate of drug-likeness (QED) is 0.819. The van der Waals surface area contributed by atoms with Gasteiger partial charge in [0.05, 0.1) is 13.3 Å². The Balaban J connectivity index is 1.60. The molecule has 0 amide bonds. The molecule has 0 N–H and O–H groups in total. The first-order valence-corrected chi connectivity index (χ1v) is 8.48. The fourth-order valence-corrected chi connectivity index (χ4v) is 3.72. The average Bonchev–Trinajstić information content (AvgIpc) is 3.02. The number of hydrogen-bond acceptors (Lipinski definition) is 4. The van der Waals surface area contributed by atoms with Gasteiger partial charge >= 0.3 is 0 Å². The van der Waals surface area contributed by atoms with Crippen molar-refractivity contribution in [2.75, 3.05) is 53.6 Å². The minimum absolute atomic E-state index is 1.04. The van der Waals surface area contributed by atoms with Crippen LogP contribution >= 0.6 is 15.9 Å². The van der Waals surface area contributed by atoms with Crippen molar-refractivity contribution in [1.29, 1.82) is 0 Å². The maximum Gasteiger partial charge on any atom is 0.0507 e. The third-order valence-electron chi connectivity index (χ3n) is 4.40. The highest BCUT2D eigenvalue weighted by Gasteiger charge is 2.19. The zero-order chi connectivity index (χ0) is 14.8. The summed E-state index contributed by atoms with van der Waals surface area (Å²) in [7, 11) is 4.37. The molecule has 116 valence electrons. The van der Waals surface area contributed by atoms with E-state index in [0.717, 1.165) is 26.4 Å². The first kappa shape index (κ1) is 15.4. The van der Waals surface area contributed by atoms with Crippen molar-refractivity contribution in [3.8, 4) is 0 Å². The molecule has 1 aromatic carbocycles. The van der Waals surface area contributed by atoms with Crippen LogP contribution in [-0.4, -0.2) is 73.2 Å². The second-order valence-electron chi connectivity index (χ2n) is 6.47. The smallest absolute Gasteiger partial charge is 0.0507 e. The van der Waals surface area contributed by atoms with Gasteiger partial charge in [-0.3, -0.25) is 19.6 Å². The van der Waals surface area contributed by atoms with Crippen LogP contribution in [0.4, 0.5) is 0 Å². The van der Waals surface area contributed by atoms with E-state index in [4.69, 9.17) is 0 Å². The number of hydrogen-bond donors (Lipinski definition) is 0. The van der Waals surface area contributed by atoms with Gasteiger partial charge in [-0.25, -0.2) is 0 Å². The van der Waals surface area contributed by atoms with Gasteiger partial charge in [0, 0.05) is 43.7 Å². The van der Waals surface area contributed by atoms with Gasteiger partial charge < -0.3 is 0 Å². The normalized spacial score (nSPS) is 22.4. The van der Waals surface area contributed by atoms with Crippen LogP contribution < -0.4 is 0 Å². The maximum absolute atomic E-state index is 3.76. The molecule has 0 atom stereocenters. The van der Waals surface area contributed by atoms with Gasteiger partial charge in [0.1, 0.15) is 0 Å². The van der Waals surface area contributed by atoms with Crippen molar-refractivity contribution in [2.24, 2.45) is 0 Å². The summed E-state index contributed by atoms with van der Waals surface area (Å²) < 4.78 is 1.25. The van der Waals surface area contributed by atoms with Gasteiger partial charge in [-0.1, -0.05) is 28.1 Å². The minimum atomic E-state index is 1.04. The molecular formula is C16H25BrN4. The molecule has 2 heterocycles. The lowest BCUT2D eigenvalue weighted by Gasteiger charge is -2.18. The van der Waals surface area contributed by atoms with E-state index in [1.165, 1.54) is 41.8 Å². The summed E-state index contributed by atoms with van der Waals surface area (Å²) in [6.45, 7) is 8.96. The van der Waals surface area contributed by atoms with Gasteiger partial charge in [0.2, 0.25) is 0 Å². The second-order valence-corrected chi connectivity index (χ2v) is 7.33. The summed E-state index contributed by atoms with van der Waals surface area (Å²) in [6, 6.07) is 6.88. The Labute approximate surface area is 136 Å². The highest BCUT2D eigenvalue weighted by atomic mass is 79.9. The van der Waals surface area contributed by atoms with Crippen molar-refractivity contribution < 1.29 is 0 Å². The van der Waals surface area contributed by atoms with Gasteiger partial charge in [0.25, 0.3) is 0 Å². The summed E-state index contributed by atoms with van der Waals surface area (Å²) in [5.41, 5.74) is 2.80. The largest absolute Gasteiger partial charge is 0.292 e. The minimum Gasteiger partial charge on any atom is -0.292 e. The molecule has 0 unspecified atom stereocenters. The molecule has 2 aliphatic rings. The molecule has 0 saturated carbocycles. The van der Waals surface area contributed by atoms with Crippen LogP contribution in [0.3, 0.4) is 0 Å². The number of halogens is 1. The highest BCUT2D eigenvalue weighted by molar-refractivity contribution is 9.10. The van der Waals surface area contributed by atoms with Gasteiger partial charge in [-0.15, -0.1) is 0 Å². The molecule has 2 fully saturated rings. The van der Waals surface area contributed by atoms with Crippen LogP contribution in [0.2, 0.25) is 0 Å². The molecule has 5 heteroatoms. The summed E-state index contributed by atoms with van der Waals surface area (Å²) in [5, 5.41) is 0. The Morgan fingerprint density at radius 1 is 0.905 bits per heavy atom. The van der Waals surface area contributed by atoms with E-state index in [1.807, 2.05) is 0 Å². The third kappa shape index (κ3) is 4.05. The second kappa shape index (κ2) is 6.75. The predicted octanol–water partition coefficient (Wildman–Crippen LogP) is 1.86. The van der Waals surface area contributed by atoms with E-state index in [0.29, 0.717) is 0 Å². The Hall–Kier alpha value is -0.460. The molecule has 0 aliphatic carbocycles. The molecule has 4 nitrogen and oxygen atoms in total. The van der Waals surface area contributed by atoms with E-state index in [2.05, 4.69) is 67.8 Å². The van der Waals surface area contributed by atoms with Crippen LogP contribution in [0.25, 0.3) is 0 Å². The molecule has 0 aromatic heterocycles. The lowest BCUT2D eigenvalue weighted by atomic mass is 10.1. The highest BCUT2D eigenvalue weighted by Crippen LogP contribution is 2.22. The molecule has 2 aliphatic heterocycles. The molecular weight excluding hydrogens is 328 g/mol. The van der Waals surface area contributed by atoms with Crippen LogP contribution in [-0.2, 0) is 13.1 Å². The van der Waals surface area contributed by atoms with Crippen molar-refractivity contribution in [1.82, 2.24) is 19.6 Å². The monoisotopic (exact) mass is 352 g/mol.